The molecule has 0 aliphatic carbocycles. The van der Waals surface area contributed by atoms with Gasteiger partial charge in [0.2, 0.25) is 0 Å². The Labute approximate surface area is 154 Å². The zero-order chi connectivity index (χ0) is 18.6. The minimum absolute atomic E-state index is 0.0188. The van der Waals surface area contributed by atoms with Crippen molar-refractivity contribution in [2.45, 2.75) is 19.9 Å². The van der Waals surface area contributed by atoms with E-state index in [1.54, 1.807) is 28.4 Å². The van der Waals surface area contributed by atoms with E-state index in [1.165, 1.54) is 10.9 Å². The number of carbonyl (C=O) groups is 2. The summed E-state index contributed by atoms with van der Waals surface area (Å²) in [7, 11) is 1.81. The summed E-state index contributed by atoms with van der Waals surface area (Å²) in [6.07, 6.45) is 0.505. The molecule has 0 fully saturated rings. The van der Waals surface area contributed by atoms with Gasteiger partial charge in [-0.2, -0.15) is 0 Å². The van der Waals surface area contributed by atoms with Gasteiger partial charge in [0.05, 0.1) is 15.8 Å². The van der Waals surface area contributed by atoms with Gasteiger partial charge in [0.15, 0.2) is 0 Å². The lowest BCUT2D eigenvalue weighted by Crippen LogP contribution is -2.37. The second-order valence-electron chi connectivity index (χ2n) is 6.67. The van der Waals surface area contributed by atoms with E-state index in [9.17, 15) is 14.7 Å². The van der Waals surface area contributed by atoms with Crippen molar-refractivity contribution in [3.63, 3.8) is 0 Å². The van der Waals surface area contributed by atoms with Crippen LogP contribution < -0.4 is 5.73 Å². The highest BCUT2D eigenvalue weighted by Crippen LogP contribution is 2.37. The van der Waals surface area contributed by atoms with Crippen LogP contribution >= 0.6 is 11.3 Å². The summed E-state index contributed by atoms with van der Waals surface area (Å²) in [5.41, 5.74) is 8.97. The summed E-state index contributed by atoms with van der Waals surface area (Å²) in [5, 5.41) is 10.1. The van der Waals surface area contributed by atoms with E-state index in [2.05, 4.69) is 17.6 Å². The molecule has 6 nitrogen and oxygen atoms in total. The Morgan fingerprint density at radius 1 is 1.31 bits per heavy atom. The zero-order valence-electron chi connectivity index (χ0n) is 14.6. The third kappa shape index (κ3) is 2.47. The molecule has 1 aliphatic rings. The monoisotopic (exact) mass is 369 g/mol. The highest BCUT2D eigenvalue weighted by Gasteiger charge is 2.29. The first-order chi connectivity index (χ1) is 12.4. The smallest absolute Gasteiger partial charge is 0.270 e. The van der Waals surface area contributed by atoms with Crippen LogP contribution in [0.2, 0.25) is 0 Å². The van der Waals surface area contributed by atoms with E-state index < -0.39 is 5.91 Å². The molecule has 3 aromatic rings. The zero-order valence-corrected chi connectivity index (χ0v) is 15.4. The molecule has 3 N–H and O–H groups in total. The maximum Gasteiger partial charge on any atom is 0.270 e. The van der Waals surface area contributed by atoms with Gasteiger partial charge in [-0.15, -0.1) is 11.3 Å². The predicted octanol–water partition coefficient (Wildman–Crippen LogP) is 2.49. The fourth-order valence-corrected chi connectivity index (χ4v) is 4.64. The number of phenols is 1. The van der Waals surface area contributed by atoms with Crippen LogP contribution in [0.4, 0.5) is 0 Å². The number of amides is 2. The number of nitrogens with two attached hydrogens (primary N) is 1. The van der Waals surface area contributed by atoms with E-state index in [4.69, 9.17) is 5.73 Å². The Balaban J connectivity index is 1.85. The molecule has 26 heavy (non-hydrogen) atoms. The Morgan fingerprint density at radius 2 is 2.08 bits per heavy atom. The molecule has 0 unspecified atom stereocenters. The van der Waals surface area contributed by atoms with E-state index >= 15 is 0 Å². The van der Waals surface area contributed by atoms with E-state index in [0.29, 0.717) is 13.0 Å². The lowest BCUT2D eigenvalue weighted by molar-refractivity contribution is 0.0749. The van der Waals surface area contributed by atoms with Crippen LogP contribution in [0.1, 0.15) is 36.9 Å². The number of thiophene rings is 1. The molecular formula is C19H19N3O3S. The fourth-order valence-electron chi connectivity index (χ4n) is 3.58. The van der Waals surface area contributed by atoms with Crippen molar-refractivity contribution in [3.05, 3.63) is 51.5 Å². The number of aromatic hydroxyl groups is 1. The number of benzene rings is 1. The van der Waals surface area contributed by atoms with Crippen LogP contribution in [0.3, 0.4) is 0 Å². The summed E-state index contributed by atoms with van der Waals surface area (Å²) in [6.45, 7) is 3.53. The van der Waals surface area contributed by atoms with Crippen molar-refractivity contribution < 1.29 is 14.7 Å². The molecule has 0 saturated carbocycles. The van der Waals surface area contributed by atoms with Crippen molar-refractivity contribution in [2.75, 3.05) is 13.6 Å². The van der Waals surface area contributed by atoms with Crippen LogP contribution in [0.5, 0.6) is 5.75 Å². The number of fused-ring (bicyclic) bond motifs is 3. The molecular weight excluding hydrogens is 350 g/mol. The summed E-state index contributed by atoms with van der Waals surface area (Å²) in [6, 6.07) is 6.97. The van der Waals surface area contributed by atoms with Crippen molar-refractivity contribution in [3.8, 4) is 5.75 Å². The first-order valence-electron chi connectivity index (χ1n) is 8.35. The maximum absolute atomic E-state index is 12.8. The third-order valence-electron chi connectivity index (χ3n) is 4.87. The minimum atomic E-state index is -0.664. The molecule has 2 amide bonds. The van der Waals surface area contributed by atoms with Gasteiger partial charge in [0.25, 0.3) is 11.8 Å². The minimum Gasteiger partial charge on any atom is -0.507 e. The average molecular weight is 369 g/mol. The van der Waals surface area contributed by atoms with Gasteiger partial charge in [0, 0.05) is 37.0 Å². The second kappa shape index (κ2) is 5.88. The SMILES string of the molecule is Cc1cc2c(s1)c(Cc1ccc(C(N)=O)c(O)c1)c1n2CCN(C)C1=O. The summed E-state index contributed by atoms with van der Waals surface area (Å²) in [4.78, 5) is 27.0. The fraction of sp³-hybridized carbons (Fsp3) is 0.263. The molecule has 4 rings (SSSR count). The summed E-state index contributed by atoms with van der Waals surface area (Å²) in [5.74, 6) is -0.779. The number of hydrogen-bond donors (Lipinski definition) is 2. The Hall–Kier alpha value is -2.80. The molecule has 7 heteroatoms. The number of aromatic nitrogens is 1. The van der Waals surface area contributed by atoms with Gasteiger partial charge < -0.3 is 20.3 Å². The van der Waals surface area contributed by atoms with Gasteiger partial charge >= 0.3 is 0 Å². The molecule has 0 atom stereocenters. The Bertz CT molecular complexity index is 1060. The molecule has 0 saturated heterocycles. The number of aryl methyl sites for hydroxylation is 1. The van der Waals surface area contributed by atoms with Crippen LogP contribution in [-0.2, 0) is 13.0 Å². The lowest BCUT2D eigenvalue weighted by atomic mass is 10.0. The quantitative estimate of drug-likeness (QED) is 0.743. The van der Waals surface area contributed by atoms with Crippen molar-refractivity contribution in [1.82, 2.24) is 9.47 Å². The topological polar surface area (TPSA) is 88.6 Å². The summed E-state index contributed by atoms with van der Waals surface area (Å²) >= 11 is 1.68. The molecule has 1 aliphatic heterocycles. The normalized spacial score (nSPS) is 14.1. The third-order valence-corrected chi connectivity index (χ3v) is 5.97. The van der Waals surface area contributed by atoms with E-state index in [0.717, 1.165) is 33.6 Å². The maximum atomic E-state index is 12.8. The molecule has 0 bridgehead atoms. The van der Waals surface area contributed by atoms with Crippen molar-refractivity contribution in [1.29, 1.82) is 0 Å². The van der Waals surface area contributed by atoms with Gasteiger partial charge in [-0.25, -0.2) is 0 Å². The molecule has 0 radical (unpaired) electrons. The average Bonchev–Trinajstić information content (AvgIpc) is 3.08. The van der Waals surface area contributed by atoms with E-state index in [1.807, 2.05) is 7.05 Å². The van der Waals surface area contributed by atoms with Crippen LogP contribution in [0, 0.1) is 6.92 Å². The highest BCUT2D eigenvalue weighted by atomic mass is 32.1. The Kier molecular flexibility index (Phi) is 3.77. The molecule has 0 spiro atoms. The molecule has 3 heterocycles. The first kappa shape index (κ1) is 16.7. The van der Waals surface area contributed by atoms with Gasteiger partial charge in [-0.05, 0) is 30.7 Å². The number of carbonyl (C=O) groups excluding carboxylic acids is 2. The number of primary amides is 1. The highest BCUT2D eigenvalue weighted by molar-refractivity contribution is 7.19. The van der Waals surface area contributed by atoms with E-state index in [-0.39, 0.29) is 17.2 Å². The number of hydrogen-bond acceptors (Lipinski definition) is 4. The van der Waals surface area contributed by atoms with Crippen LogP contribution in [0.15, 0.2) is 24.3 Å². The molecule has 1 aromatic carbocycles. The van der Waals surface area contributed by atoms with Crippen molar-refractivity contribution >= 4 is 33.4 Å². The largest absolute Gasteiger partial charge is 0.507 e. The number of nitrogens with zero attached hydrogens (tertiary/aromatic N) is 2. The van der Waals surface area contributed by atoms with Crippen molar-refractivity contribution in [2.24, 2.45) is 5.73 Å². The standard InChI is InChI=1S/C19H19N3O3S/c1-10-7-14-17(26-10)13(16-19(25)21(2)5-6-22(14)16)8-11-3-4-12(18(20)24)15(23)9-11/h3-4,7,9,23H,5-6,8H2,1-2H3,(H2,20,24). The molecule has 2 aromatic heterocycles. The first-order valence-corrected chi connectivity index (χ1v) is 9.17. The van der Waals surface area contributed by atoms with Gasteiger partial charge in [-0.1, -0.05) is 6.07 Å². The van der Waals surface area contributed by atoms with Gasteiger partial charge in [0.1, 0.15) is 11.4 Å². The Morgan fingerprint density at radius 3 is 2.77 bits per heavy atom. The van der Waals surface area contributed by atoms with Gasteiger partial charge in [-0.3, -0.25) is 9.59 Å². The summed E-state index contributed by atoms with van der Waals surface area (Å²) < 4.78 is 3.22. The number of rotatable bonds is 3. The lowest BCUT2D eigenvalue weighted by Gasteiger charge is -2.25. The van der Waals surface area contributed by atoms with Crippen LogP contribution in [0.25, 0.3) is 10.2 Å². The predicted molar refractivity (Wildman–Crippen MR) is 101 cm³/mol. The van der Waals surface area contributed by atoms with Crippen LogP contribution in [-0.4, -0.2) is 40.0 Å². The number of likely N-dealkylation sites (N-methyl/N-ethyl adjacent to an activating group) is 1. The molecule has 134 valence electrons. The second-order valence-corrected chi connectivity index (χ2v) is 7.93.